The third-order valence-corrected chi connectivity index (χ3v) is 29.7. The maximum absolute atomic E-state index is 13.9. The van der Waals surface area contributed by atoms with Crippen LogP contribution in [0, 0.1) is 17.5 Å². The van der Waals surface area contributed by atoms with Crippen LogP contribution in [0.4, 0.5) is 47.3 Å². The predicted molar refractivity (Wildman–Crippen MR) is 435 cm³/mol. The smallest absolute Gasteiger partial charge is 0.316 e. The van der Waals surface area contributed by atoms with Crippen molar-refractivity contribution in [1.29, 1.82) is 0 Å². The molecule has 7 heterocycles. The van der Waals surface area contributed by atoms with Gasteiger partial charge in [0.25, 0.3) is 0 Å². The Balaban J connectivity index is 0.000000141. The molecular formula is C82H92BrF3N12O12S3. The van der Waals surface area contributed by atoms with E-state index in [0.717, 1.165) is 86.4 Å². The molecule has 0 amide bonds. The molecule has 16 rings (SSSR count). The van der Waals surface area contributed by atoms with Gasteiger partial charge in [0.2, 0.25) is 47.3 Å². The van der Waals surface area contributed by atoms with Crippen molar-refractivity contribution >= 4 is 80.1 Å². The second-order valence-corrected chi connectivity index (χ2v) is 36.7. The largest absolute Gasteiger partial charge is 0.483 e. The number of para-hydroxylation sites is 3. The van der Waals surface area contributed by atoms with Gasteiger partial charge in [0.15, 0.2) is 0 Å². The minimum atomic E-state index is -3.60. The molecule has 598 valence electrons. The zero-order valence-electron chi connectivity index (χ0n) is 62.6. The molecule has 31 heteroatoms. The summed E-state index contributed by atoms with van der Waals surface area (Å²) in [5.74, 6) is -0.806. The highest BCUT2D eigenvalue weighted by molar-refractivity contribution is 9.09. The quantitative estimate of drug-likeness (QED) is 0.0655. The molecule has 6 aromatic carbocycles. The van der Waals surface area contributed by atoms with Gasteiger partial charge in [-0.3, -0.25) is 27.7 Å². The molecule has 3 aliphatic carbocycles. The van der Waals surface area contributed by atoms with Crippen LogP contribution >= 0.6 is 15.9 Å². The number of sulfonamides is 3. The summed E-state index contributed by atoms with van der Waals surface area (Å²) in [6, 6.07) is 44.4. The molecule has 1 spiro atoms. The van der Waals surface area contributed by atoms with Crippen LogP contribution in [0.1, 0.15) is 122 Å². The lowest BCUT2D eigenvalue weighted by Gasteiger charge is -2.39. The Labute approximate surface area is 664 Å². The zero-order valence-corrected chi connectivity index (χ0v) is 66.6. The highest BCUT2D eigenvalue weighted by Crippen LogP contribution is 2.46. The minimum Gasteiger partial charge on any atom is -0.483 e. The molecule has 7 aliphatic rings. The summed E-state index contributed by atoms with van der Waals surface area (Å²) in [5, 5.41) is 12.4. The Hall–Kier alpha value is -9.72. The number of hydrogen-bond donors (Lipinski definition) is 1. The summed E-state index contributed by atoms with van der Waals surface area (Å²) in [6.07, 6.45) is 19.1. The first-order valence-electron chi connectivity index (χ1n) is 38.8. The molecule has 3 saturated carbocycles. The van der Waals surface area contributed by atoms with Gasteiger partial charge in [-0.1, -0.05) is 88.7 Å². The van der Waals surface area contributed by atoms with E-state index in [2.05, 4.69) is 35.9 Å². The van der Waals surface area contributed by atoms with E-state index in [4.69, 9.17) is 14.2 Å². The average molecular weight is 1670 g/mol. The topological polar surface area (TPSA) is 263 Å². The van der Waals surface area contributed by atoms with E-state index < -0.39 is 79.4 Å². The lowest BCUT2D eigenvalue weighted by molar-refractivity contribution is 0.205. The first kappa shape index (κ1) is 79.9. The fourth-order valence-corrected chi connectivity index (χ4v) is 22.5. The van der Waals surface area contributed by atoms with E-state index in [1.165, 1.54) is 63.6 Å². The van der Waals surface area contributed by atoms with Crippen molar-refractivity contribution in [3.05, 3.63) is 231 Å². The van der Waals surface area contributed by atoms with Crippen LogP contribution in [-0.2, 0) is 30.1 Å². The number of benzene rings is 6. The van der Waals surface area contributed by atoms with Gasteiger partial charge in [0, 0.05) is 63.4 Å². The Kier molecular flexibility index (Phi) is 25.0. The van der Waals surface area contributed by atoms with Crippen molar-refractivity contribution in [2.24, 2.45) is 0 Å². The molecule has 24 nitrogen and oxygen atoms in total. The average Bonchev–Trinajstić information content (AvgIpc) is 1.59. The molecule has 113 heavy (non-hydrogen) atoms. The van der Waals surface area contributed by atoms with Crippen LogP contribution in [0.3, 0.4) is 0 Å². The fraction of sp³-hybridized carbons (Fsp3) is 0.415. The second kappa shape index (κ2) is 35.3. The van der Waals surface area contributed by atoms with Crippen molar-refractivity contribution < 1.29 is 52.6 Å². The number of rotatable bonds is 21. The van der Waals surface area contributed by atoms with Crippen LogP contribution in [0.25, 0.3) is 17.1 Å². The molecule has 0 bridgehead atoms. The van der Waals surface area contributed by atoms with Crippen molar-refractivity contribution in [1.82, 2.24) is 29.3 Å². The number of nitrogens with one attached hydrogen (secondary N) is 1. The fourth-order valence-electron chi connectivity index (χ4n) is 16.3. The van der Waals surface area contributed by atoms with Crippen molar-refractivity contribution in [2.45, 2.75) is 156 Å². The van der Waals surface area contributed by atoms with Crippen molar-refractivity contribution in [3.63, 3.8) is 0 Å². The first-order chi connectivity index (χ1) is 54.7. The molecule has 0 atom stereocenters. The molecule has 7 fully saturated rings. The van der Waals surface area contributed by atoms with Crippen LogP contribution < -0.4 is 58.9 Å². The van der Waals surface area contributed by atoms with Gasteiger partial charge in [0.05, 0.1) is 80.6 Å². The van der Waals surface area contributed by atoms with Gasteiger partial charge in [-0.2, -0.15) is 29.3 Å². The van der Waals surface area contributed by atoms with E-state index in [1.807, 2.05) is 69.3 Å². The zero-order chi connectivity index (χ0) is 78.9. The SMILES string of the molecule is O=c1c(OC2CCCC2)c(N2CCC(S(=O)(=O)N(CCBr)c3ccccc3)CC2)cnn1-c1cccc(F)c1.O=c1c(OC2CCCC2)c(N2CCC(S(=O)(=O)Nc3ccccc3)CC2)cnn1-c1cccc(F)c1.O=c1c(OC2CCCC2)c(N2CCC3(CC2)CCN(c2ccccc2)S3(=O)=O)cnn1-c1cccc(F)c1. The first-order valence-corrected chi connectivity index (χ1v) is 44.4. The maximum atomic E-state index is 13.9. The predicted octanol–water partition coefficient (Wildman–Crippen LogP) is 13.3. The monoisotopic (exact) mass is 1670 g/mol. The number of piperidine rings is 3. The summed E-state index contributed by atoms with van der Waals surface area (Å²) in [7, 11) is -10.7. The number of aromatic nitrogens is 6. The maximum Gasteiger partial charge on any atom is 0.316 e. The highest BCUT2D eigenvalue weighted by atomic mass is 79.9. The van der Waals surface area contributed by atoms with Gasteiger partial charge < -0.3 is 28.9 Å². The third-order valence-electron chi connectivity index (χ3n) is 22.4. The minimum absolute atomic E-state index is 0.0596. The van der Waals surface area contributed by atoms with Crippen LogP contribution in [0.5, 0.6) is 17.2 Å². The van der Waals surface area contributed by atoms with Gasteiger partial charge >= 0.3 is 16.7 Å². The van der Waals surface area contributed by atoms with E-state index >= 15 is 0 Å². The molecule has 4 aliphatic heterocycles. The number of nitrogens with zero attached hydrogens (tertiary/aromatic N) is 11. The van der Waals surface area contributed by atoms with Gasteiger partial charge in [0.1, 0.15) is 34.5 Å². The standard InChI is InChI=1S/C28H32BrFN4O4S.C28H31FN4O4S.C26H29FN4O4S/c29-15-18-33(22-8-2-1-3-9-22)39(36,37)25-13-16-32(17-14-25)26-20-31-34(23-10-6-7-21(30)19-23)28(35)27(26)38-24-11-4-5-12-24;29-21-7-6-10-23(19-21)33-27(34)26(37-24-11-4-5-12-24)25(20-30-33)31-16-13-28(14-17-31)15-18-32(38(28,35)36)22-8-2-1-3-9-22;27-19-7-6-10-21(17-19)31-26(32)25(35-22-11-4-5-12-22)24(18-28-31)30-15-13-23(14-16-30)36(33,34)29-20-8-2-1-3-9-20/h1-3,6-10,19-20,24-25H,4-5,11-18H2;1-3,6-10,19-20,24H,4-5,11-18H2;1-3,6-10,17-18,22-23,29H,4-5,11-16H2. The van der Waals surface area contributed by atoms with Crippen LogP contribution in [-0.4, -0.2) is 146 Å². The van der Waals surface area contributed by atoms with Crippen LogP contribution in [0.15, 0.2) is 197 Å². The molecule has 4 saturated heterocycles. The van der Waals surface area contributed by atoms with E-state index in [9.17, 15) is 52.8 Å². The number of alkyl halides is 1. The van der Waals surface area contributed by atoms with E-state index in [-0.39, 0.29) is 35.6 Å². The highest BCUT2D eigenvalue weighted by Gasteiger charge is 2.54. The summed E-state index contributed by atoms with van der Waals surface area (Å²) < 4.78 is 149. The van der Waals surface area contributed by atoms with Gasteiger partial charge in [-0.25, -0.2) is 38.4 Å². The lowest BCUT2D eigenvalue weighted by Crippen LogP contribution is -2.49. The van der Waals surface area contributed by atoms with E-state index in [0.29, 0.717) is 154 Å². The summed E-state index contributed by atoms with van der Waals surface area (Å²) >= 11 is 3.39. The number of halogens is 4. The molecule has 1 N–H and O–H groups in total. The Bertz CT molecular complexity index is 5330. The summed E-state index contributed by atoms with van der Waals surface area (Å²) in [4.78, 5) is 46.6. The van der Waals surface area contributed by atoms with E-state index in [1.54, 1.807) is 77.5 Å². The van der Waals surface area contributed by atoms with Gasteiger partial charge in [-0.15, -0.1) is 0 Å². The molecule has 0 radical (unpaired) electrons. The lowest BCUT2D eigenvalue weighted by atomic mass is 9.92. The third kappa shape index (κ3) is 18.0. The molecular weight excluding hydrogens is 1580 g/mol. The summed E-state index contributed by atoms with van der Waals surface area (Å²) in [6.45, 7) is 3.49. The molecule has 9 aromatic rings. The molecule has 3 aromatic heterocycles. The number of hydrogen-bond acceptors (Lipinski definition) is 18. The van der Waals surface area contributed by atoms with Gasteiger partial charge in [-0.05, 0) is 213 Å². The number of anilines is 6. The Morgan fingerprint density at radius 1 is 0.451 bits per heavy atom. The van der Waals surface area contributed by atoms with Crippen molar-refractivity contribution in [2.75, 3.05) is 85.7 Å². The Morgan fingerprint density at radius 2 is 0.805 bits per heavy atom. The normalized spacial score (nSPS) is 18.3. The van der Waals surface area contributed by atoms with Crippen molar-refractivity contribution in [3.8, 4) is 34.3 Å². The Morgan fingerprint density at radius 3 is 1.19 bits per heavy atom. The second-order valence-electron chi connectivity index (χ2n) is 29.6. The summed E-state index contributed by atoms with van der Waals surface area (Å²) in [5.41, 5.74) is 3.18. The number of ether oxygens (including phenoxy) is 3. The van der Waals surface area contributed by atoms with Crippen LogP contribution in [0.2, 0.25) is 0 Å². The molecule has 0 unspecified atom stereocenters.